The van der Waals surface area contributed by atoms with Crippen LogP contribution in [0.15, 0.2) is 66.9 Å². The Morgan fingerprint density at radius 2 is 1.32 bits per heavy atom. The average Bonchev–Trinajstić information content (AvgIpc) is 2.66. The second-order valence-corrected chi connectivity index (χ2v) is 15.0. The van der Waals surface area contributed by atoms with Gasteiger partial charge in [0.15, 0.2) is 0 Å². The molecular formula is C26H33NSi. The smallest absolute Gasteiger partial charge is 0.0799 e. The molecule has 2 aromatic carbocycles. The maximum absolute atomic E-state index is 4.88. The van der Waals surface area contributed by atoms with Crippen molar-refractivity contribution in [1.29, 1.82) is 0 Å². The third-order valence-corrected chi connectivity index (χ3v) is 7.83. The van der Waals surface area contributed by atoms with E-state index in [0.29, 0.717) is 5.92 Å². The zero-order valence-corrected chi connectivity index (χ0v) is 19.4. The Balaban J connectivity index is 2.03. The van der Waals surface area contributed by atoms with Gasteiger partial charge >= 0.3 is 0 Å². The summed E-state index contributed by atoms with van der Waals surface area (Å²) in [4.78, 5) is 4.88. The highest BCUT2D eigenvalue weighted by molar-refractivity contribution is 6.89. The van der Waals surface area contributed by atoms with Gasteiger partial charge in [0.2, 0.25) is 0 Å². The molecule has 0 saturated heterocycles. The van der Waals surface area contributed by atoms with Gasteiger partial charge in [0.05, 0.1) is 13.8 Å². The summed E-state index contributed by atoms with van der Waals surface area (Å²) in [6, 6.07) is 21.7. The number of benzene rings is 2. The molecular weight excluding hydrogens is 354 g/mol. The van der Waals surface area contributed by atoms with E-state index in [-0.39, 0.29) is 5.41 Å². The van der Waals surface area contributed by atoms with Crippen LogP contribution in [0, 0.1) is 5.41 Å². The minimum absolute atomic E-state index is 0.226. The molecule has 0 amide bonds. The van der Waals surface area contributed by atoms with Crippen LogP contribution < -0.4 is 5.19 Å². The molecule has 146 valence electrons. The highest BCUT2D eigenvalue weighted by Crippen LogP contribution is 2.36. The van der Waals surface area contributed by atoms with E-state index >= 15 is 0 Å². The van der Waals surface area contributed by atoms with Crippen molar-refractivity contribution in [2.24, 2.45) is 5.41 Å². The van der Waals surface area contributed by atoms with Crippen molar-refractivity contribution < 1.29 is 0 Å². The summed E-state index contributed by atoms with van der Waals surface area (Å²) in [5, 5.41) is 1.49. The summed E-state index contributed by atoms with van der Waals surface area (Å²) in [7, 11) is -1.46. The van der Waals surface area contributed by atoms with Crippen LogP contribution in [0.5, 0.6) is 0 Å². The van der Waals surface area contributed by atoms with E-state index in [2.05, 4.69) is 114 Å². The lowest BCUT2D eigenvalue weighted by atomic mass is 9.78. The molecule has 0 spiro atoms. The zero-order chi connectivity index (χ0) is 20.5. The van der Waals surface area contributed by atoms with Gasteiger partial charge in [-0.2, -0.15) is 0 Å². The molecule has 3 rings (SSSR count). The second-order valence-electron chi connectivity index (χ2n) is 9.94. The van der Waals surface area contributed by atoms with Crippen molar-refractivity contribution in [3.8, 4) is 22.4 Å². The summed E-state index contributed by atoms with van der Waals surface area (Å²) in [6.45, 7) is 16.6. The number of hydrogen-bond acceptors (Lipinski definition) is 1. The largest absolute Gasteiger partial charge is 0.256 e. The summed E-state index contributed by atoms with van der Waals surface area (Å²) >= 11 is 0. The van der Waals surface area contributed by atoms with Gasteiger partial charge in [-0.15, -0.1) is 0 Å². The van der Waals surface area contributed by atoms with Gasteiger partial charge in [-0.1, -0.05) is 102 Å². The number of aromatic nitrogens is 1. The standard InChI is InChI=1S/C26H33NSi/c1-19(26(2,3)4)23-17-24(27-18-25(23)28(5,6)7)22-15-13-21(14-16-22)20-11-9-8-10-12-20/h8-19H,1-7H3. The zero-order valence-electron chi connectivity index (χ0n) is 18.4. The Morgan fingerprint density at radius 1 is 0.786 bits per heavy atom. The Hall–Kier alpha value is -2.19. The fourth-order valence-corrected chi connectivity index (χ4v) is 5.15. The minimum atomic E-state index is -1.46. The number of pyridine rings is 1. The Kier molecular flexibility index (Phi) is 5.63. The normalized spacial score (nSPS) is 13.4. The molecule has 1 atom stereocenters. The van der Waals surface area contributed by atoms with Crippen LogP contribution in [0.25, 0.3) is 22.4 Å². The predicted molar refractivity (Wildman–Crippen MR) is 126 cm³/mol. The monoisotopic (exact) mass is 387 g/mol. The first-order chi connectivity index (χ1) is 13.1. The lowest BCUT2D eigenvalue weighted by Gasteiger charge is -2.32. The number of nitrogens with zero attached hydrogens (tertiary/aromatic N) is 1. The van der Waals surface area contributed by atoms with Gasteiger partial charge in [0, 0.05) is 11.8 Å². The number of hydrogen-bond donors (Lipinski definition) is 0. The maximum atomic E-state index is 4.88. The Bertz CT molecular complexity index is 929. The molecule has 0 fully saturated rings. The molecule has 1 aromatic heterocycles. The van der Waals surface area contributed by atoms with E-state index in [1.165, 1.54) is 27.4 Å². The molecule has 0 N–H and O–H groups in total. The Morgan fingerprint density at radius 3 is 1.86 bits per heavy atom. The van der Waals surface area contributed by atoms with Crippen LogP contribution in [0.3, 0.4) is 0 Å². The topological polar surface area (TPSA) is 12.9 Å². The lowest BCUT2D eigenvalue weighted by molar-refractivity contribution is 0.340. The van der Waals surface area contributed by atoms with Crippen LogP contribution in [-0.2, 0) is 0 Å². The van der Waals surface area contributed by atoms with Crippen molar-refractivity contribution in [3.63, 3.8) is 0 Å². The third-order valence-electron chi connectivity index (χ3n) is 5.80. The first-order valence-electron chi connectivity index (χ1n) is 10.2. The lowest BCUT2D eigenvalue weighted by Crippen LogP contribution is -2.42. The van der Waals surface area contributed by atoms with Crippen molar-refractivity contribution in [2.75, 3.05) is 0 Å². The summed E-state index contributed by atoms with van der Waals surface area (Å²) in [5.41, 5.74) is 6.45. The van der Waals surface area contributed by atoms with E-state index in [4.69, 9.17) is 4.98 Å². The maximum Gasteiger partial charge on any atom is 0.0799 e. The highest BCUT2D eigenvalue weighted by atomic mass is 28.3. The molecule has 1 nitrogen and oxygen atoms in total. The molecule has 28 heavy (non-hydrogen) atoms. The first kappa shape index (κ1) is 20.5. The van der Waals surface area contributed by atoms with Crippen molar-refractivity contribution in [3.05, 3.63) is 72.4 Å². The van der Waals surface area contributed by atoms with Crippen LogP contribution in [0.2, 0.25) is 19.6 Å². The molecule has 1 heterocycles. The molecule has 3 aromatic rings. The minimum Gasteiger partial charge on any atom is -0.256 e. The van der Waals surface area contributed by atoms with Crippen molar-refractivity contribution >= 4 is 13.3 Å². The van der Waals surface area contributed by atoms with Crippen LogP contribution in [0.4, 0.5) is 0 Å². The molecule has 0 bridgehead atoms. The van der Waals surface area contributed by atoms with Crippen molar-refractivity contribution in [1.82, 2.24) is 4.98 Å². The van der Waals surface area contributed by atoms with E-state index in [0.717, 1.165) is 5.69 Å². The van der Waals surface area contributed by atoms with E-state index < -0.39 is 8.07 Å². The van der Waals surface area contributed by atoms with Gasteiger partial charge in [-0.3, -0.25) is 4.98 Å². The summed E-state index contributed by atoms with van der Waals surface area (Å²) in [5.74, 6) is 0.486. The molecule has 1 unspecified atom stereocenters. The van der Waals surface area contributed by atoms with E-state index in [9.17, 15) is 0 Å². The fourth-order valence-electron chi connectivity index (χ4n) is 3.54. The van der Waals surface area contributed by atoms with Gasteiger partial charge in [-0.05, 0) is 39.3 Å². The molecule has 0 radical (unpaired) electrons. The quantitative estimate of drug-likeness (QED) is 0.435. The average molecular weight is 388 g/mol. The van der Waals surface area contributed by atoms with Crippen LogP contribution in [0.1, 0.15) is 39.2 Å². The summed E-state index contributed by atoms with van der Waals surface area (Å²) in [6.07, 6.45) is 2.16. The predicted octanol–water partition coefficient (Wildman–Crippen LogP) is 7.11. The van der Waals surface area contributed by atoms with Gasteiger partial charge in [0.1, 0.15) is 0 Å². The van der Waals surface area contributed by atoms with E-state index in [1.54, 1.807) is 0 Å². The molecule has 2 heteroatoms. The fraction of sp³-hybridized carbons (Fsp3) is 0.346. The van der Waals surface area contributed by atoms with Crippen LogP contribution in [-0.4, -0.2) is 13.1 Å². The molecule has 0 saturated carbocycles. The highest BCUT2D eigenvalue weighted by Gasteiger charge is 2.29. The SMILES string of the molecule is CC(c1cc(-c2ccc(-c3ccccc3)cc2)ncc1[Si](C)(C)C)C(C)(C)C. The first-order valence-corrected chi connectivity index (χ1v) is 13.7. The van der Waals surface area contributed by atoms with Gasteiger partial charge in [-0.25, -0.2) is 0 Å². The second kappa shape index (κ2) is 7.67. The van der Waals surface area contributed by atoms with E-state index in [1.807, 2.05) is 0 Å². The molecule has 0 aliphatic rings. The molecule has 0 aliphatic heterocycles. The van der Waals surface area contributed by atoms with Gasteiger partial charge in [0.25, 0.3) is 0 Å². The Labute approximate surface area is 171 Å². The van der Waals surface area contributed by atoms with Gasteiger partial charge < -0.3 is 0 Å². The molecule has 0 aliphatic carbocycles. The third kappa shape index (κ3) is 4.44. The number of rotatable bonds is 4. The summed E-state index contributed by atoms with van der Waals surface area (Å²) < 4.78 is 0. The van der Waals surface area contributed by atoms with Crippen LogP contribution >= 0.6 is 0 Å². The van der Waals surface area contributed by atoms with Crippen molar-refractivity contribution in [2.45, 2.75) is 53.3 Å².